The molecule has 0 aliphatic carbocycles. The number of anilines is 1. The highest BCUT2D eigenvalue weighted by Crippen LogP contribution is 2.43. The molecule has 0 unspecified atom stereocenters. The van der Waals surface area contributed by atoms with E-state index >= 15 is 0 Å². The predicted octanol–water partition coefficient (Wildman–Crippen LogP) is 4.44. The number of hydrogen-bond acceptors (Lipinski definition) is 5. The van der Waals surface area contributed by atoms with Crippen LogP contribution in [0.4, 0.5) is 18.3 Å². The van der Waals surface area contributed by atoms with Crippen LogP contribution >= 0.6 is 38.9 Å². The third-order valence-corrected chi connectivity index (χ3v) is 4.87. The van der Waals surface area contributed by atoms with Crippen LogP contribution in [0, 0.1) is 5.82 Å². The average Bonchev–Trinajstić information content (AvgIpc) is 2.95. The highest BCUT2D eigenvalue weighted by atomic mass is 79.9. The van der Waals surface area contributed by atoms with Gasteiger partial charge in [0.05, 0.1) is 15.3 Å². The van der Waals surface area contributed by atoms with Crippen LogP contribution in [0.3, 0.4) is 0 Å². The van der Waals surface area contributed by atoms with E-state index in [1.807, 2.05) is 0 Å². The number of aromatic nitrogens is 3. The first-order chi connectivity index (χ1) is 10.8. The minimum absolute atomic E-state index is 0.0604. The number of benzene rings is 1. The largest absolute Gasteiger partial charge is 0.416 e. The van der Waals surface area contributed by atoms with Crippen molar-refractivity contribution >= 4 is 54.2 Å². The van der Waals surface area contributed by atoms with Gasteiger partial charge < -0.3 is 10.5 Å². The molecule has 0 aliphatic rings. The maximum Gasteiger partial charge on any atom is 0.388 e. The molecule has 0 atom stereocenters. The number of nitrogens with zero attached hydrogens (tertiary/aromatic N) is 3. The summed E-state index contributed by atoms with van der Waals surface area (Å²) in [6.07, 6.45) is 0. The molecule has 23 heavy (non-hydrogen) atoms. The van der Waals surface area contributed by atoms with Gasteiger partial charge in [-0.1, -0.05) is 22.9 Å². The van der Waals surface area contributed by atoms with Crippen molar-refractivity contribution in [2.45, 2.75) is 6.61 Å². The molecule has 11 heteroatoms. The zero-order chi connectivity index (χ0) is 16.9. The van der Waals surface area contributed by atoms with E-state index in [9.17, 15) is 13.2 Å². The number of nitrogens with two attached hydrogens (primary N) is 1. The van der Waals surface area contributed by atoms with Crippen molar-refractivity contribution < 1.29 is 17.9 Å². The molecular formula is C12H7BrClF3N4OS. The first-order valence-corrected chi connectivity index (χ1v) is 8.00. The molecule has 0 saturated heterocycles. The summed E-state index contributed by atoms with van der Waals surface area (Å²) in [5, 5.41) is 4.35. The molecule has 2 N–H and O–H groups in total. The third kappa shape index (κ3) is 2.74. The van der Waals surface area contributed by atoms with E-state index in [0.29, 0.717) is 10.2 Å². The normalized spacial score (nSPS) is 11.6. The average molecular weight is 428 g/mol. The van der Waals surface area contributed by atoms with Gasteiger partial charge in [0.1, 0.15) is 21.5 Å². The molecule has 0 aliphatic heterocycles. The molecule has 0 saturated carbocycles. The number of ether oxygens (including phenoxy) is 1. The Hall–Kier alpha value is -1.52. The van der Waals surface area contributed by atoms with Crippen molar-refractivity contribution in [3.8, 4) is 17.1 Å². The summed E-state index contributed by atoms with van der Waals surface area (Å²) in [6, 6.07) is 1.08. The molecule has 2 aromatic heterocycles. The molecule has 3 aromatic rings. The van der Waals surface area contributed by atoms with Crippen LogP contribution in [0.15, 0.2) is 10.5 Å². The van der Waals surface area contributed by atoms with Gasteiger partial charge in [0.2, 0.25) is 5.88 Å². The molecule has 122 valence electrons. The summed E-state index contributed by atoms with van der Waals surface area (Å²) in [5.41, 5.74) is 6.13. The van der Waals surface area contributed by atoms with Gasteiger partial charge >= 0.3 is 6.61 Å². The summed E-state index contributed by atoms with van der Waals surface area (Å²) < 4.78 is 45.4. The van der Waals surface area contributed by atoms with Crippen LogP contribution in [0.2, 0.25) is 5.02 Å². The maximum absolute atomic E-state index is 14.5. The molecule has 3 rings (SSSR count). The number of halogens is 5. The number of rotatable bonds is 3. The second kappa shape index (κ2) is 5.84. The van der Waals surface area contributed by atoms with Crippen molar-refractivity contribution in [3.63, 3.8) is 0 Å². The van der Waals surface area contributed by atoms with E-state index in [1.54, 1.807) is 0 Å². The first-order valence-electron chi connectivity index (χ1n) is 6.01. The lowest BCUT2D eigenvalue weighted by Crippen LogP contribution is -2.06. The van der Waals surface area contributed by atoms with Gasteiger partial charge in [-0.25, -0.2) is 14.1 Å². The Morgan fingerprint density at radius 3 is 2.83 bits per heavy atom. The number of alkyl halides is 2. The van der Waals surface area contributed by atoms with Crippen molar-refractivity contribution in [3.05, 3.63) is 21.4 Å². The van der Waals surface area contributed by atoms with E-state index in [2.05, 4.69) is 30.7 Å². The molecule has 1 aromatic carbocycles. The Labute approximate surface area is 144 Å². The third-order valence-electron chi connectivity index (χ3n) is 2.97. The summed E-state index contributed by atoms with van der Waals surface area (Å²) in [6.45, 7) is -3.04. The summed E-state index contributed by atoms with van der Waals surface area (Å²) in [4.78, 5) is 4.04. The van der Waals surface area contributed by atoms with Crippen LogP contribution < -0.4 is 10.5 Å². The fourth-order valence-corrected chi connectivity index (χ4v) is 3.91. The van der Waals surface area contributed by atoms with Crippen molar-refractivity contribution in [2.75, 3.05) is 5.73 Å². The number of aryl methyl sites for hydroxylation is 1. The Kier molecular flexibility index (Phi) is 4.15. The highest BCUT2D eigenvalue weighted by Gasteiger charge is 2.25. The number of fused-ring (bicyclic) bond motifs is 1. The van der Waals surface area contributed by atoms with Crippen LogP contribution in [0.25, 0.3) is 21.5 Å². The summed E-state index contributed by atoms with van der Waals surface area (Å²) in [5.74, 6) is -0.900. The smallest absolute Gasteiger partial charge is 0.388 e. The Bertz CT molecular complexity index is 914. The monoisotopic (exact) mass is 426 g/mol. The van der Waals surface area contributed by atoms with E-state index in [4.69, 9.17) is 17.3 Å². The van der Waals surface area contributed by atoms with Crippen LogP contribution in [-0.2, 0) is 7.05 Å². The van der Waals surface area contributed by atoms with E-state index in [1.165, 1.54) is 7.05 Å². The predicted molar refractivity (Wildman–Crippen MR) is 85.5 cm³/mol. The molecular weight excluding hydrogens is 421 g/mol. The van der Waals surface area contributed by atoms with Gasteiger partial charge in [0, 0.05) is 7.05 Å². The summed E-state index contributed by atoms with van der Waals surface area (Å²) in [7, 11) is 1.40. The molecule has 0 spiro atoms. The Morgan fingerprint density at radius 1 is 1.48 bits per heavy atom. The highest BCUT2D eigenvalue weighted by molar-refractivity contribution is 9.10. The SMILES string of the molecule is Cn1nc(-c2c(F)cc(Cl)c3nc(N)sc23)c(Br)c1OC(F)F. The molecule has 0 amide bonds. The Balaban J connectivity index is 2.29. The molecule has 2 heterocycles. The zero-order valence-electron chi connectivity index (χ0n) is 11.3. The van der Waals surface area contributed by atoms with Gasteiger partial charge in [-0.2, -0.15) is 13.9 Å². The van der Waals surface area contributed by atoms with E-state index in [-0.39, 0.29) is 31.8 Å². The number of nitrogen functional groups attached to an aromatic ring is 1. The first kappa shape index (κ1) is 16.3. The topological polar surface area (TPSA) is 66.0 Å². The minimum atomic E-state index is -3.04. The molecule has 0 fully saturated rings. The van der Waals surface area contributed by atoms with Crippen molar-refractivity contribution in [1.82, 2.24) is 14.8 Å². The fourth-order valence-electron chi connectivity index (χ4n) is 2.10. The number of hydrogen-bond donors (Lipinski definition) is 1. The Morgan fingerprint density at radius 2 is 2.17 bits per heavy atom. The van der Waals surface area contributed by atoms with E-state index < -0.39 is 12.4 Å². The fraction of sp³-hybridized carbons (Fsp3) is 0.167. The zero-order valence-corrected chi connectivity index (χ0v) is 14.4. The van der Waals surface area contributed by atoms with Gasteiger partial charge in [-0.3, -0.25) is 0 Å². The van der Waals surface area contributed by atoms with Crippen molar-refractivity contribution in [1.29, 1.82) is 0 Å². The molecule has 0 bridgehead atoms. The van der Waals surface area contributed by atoms with Gasteiger partial charge in [-0.15, -0.1) is 0 Å². The molecule has 0 radical (unpaired) electrons. The van der Waals surface area contributed by atoms with Crippen LogP contribution in [0.1, 0.15) is 0 Å². The van der Waals surface area contributed by atoms with Crippen LogP contribution in [0.5, 0.6) is 5.88 Å². The second-order valence-corrected chi connectivity index (χ2v) is 6.65. The van der Waals surface area contributed by atoms with E-state index in [0.717, 1.165) is 22.1 Å². The summed E-state index contributed by atoms with van der Waals surface area (Å²) >= 11 is 10.1. The van der Waals surface area contributed by atoms with Crippen LogP contribution in [-0.4, -0.2) is 21.4 Å². The number of thiazole rings is 1. The lowest BCUT2D eigenvalue weighted by atomic mass is 10.1. The standard InChI is InChI=1S/C12H7BrClF3N4OS/c1-21-10(22-11(16)17)6(13)8(20-21)5-4(15)2-3(14)7-9(5)23-12(18)19-7/h2,11H,1H3,(H2,18,19). The molecule has 5 nitrogen and oxygen atoms in total. The maximum atomic E-state index is 14.5. The van der Waals surface area contributed by atoms with Gasteiger partial charge in [0.25, 0.3) is 0 Å². The quantitative estimate of drug-likeness (QED) is 0.671. The van der Waals surface area contributed by atoms with Crippen molar-refractivity contribution in [2.24, 2.45) is 7.05 Å². The minimum Gasteiger partial charge on any atom is -0.416 e. The lowest BCUT2D eigenvalue weighted by molar-refractivity contribution is -0.0558. The van der Waals surface area contributed by atoms with Gasteiger partial charge in [0.15, 0.2) is 5.13 Å². The van der Waals surface area contributed by atoms with Gasteiger partial charge in [-0.05, 0) is 22.0 Å². The second-order valence-electron chi connectivity index (χ2n) is 4.41. The lowest BCUT2D eigenvalue weighted by Gasteiger charge is -2.05.